The monoisotopic (exact) mass is 1000 g/mol. The normalized spacial score (nSPS) is 18.0. The highest BCUT2D eigenvalue weighted by atomic mass is 79.9. The lowest BCUT2D eigenvalue weighted by molar-refractivity contribution is -0.142. The molecule has 2 aliphatic heterocycles. The van der Waals surface area contributed by atoms with Gasteiger partial charge in [-0.2, -0.15) is 26.3 Å². The van der Waals surface area contributed by atoms with E-state index in [9.17, 15) is 52.0 Å². The van der Waals surface area contributed by atoms with E-state index in [1.165, 1.54) is 24.3 Å². The quantitative estimate of drug-likeness (QED) is 0.158. The van der Waals surface area contributed by atoms with Crippen LogP contribution in [0.2, 0.25) is 5.02 Å². The Bertz CT molecular complexity index is 2330. The van der Waals surface area contributed by atoms with Gasteiger partial charge in [0.25, 0.3) is 0 Å². The summed E-state index contributed by atoms with van der Waals surface area (Å²) in [6, 6.07) is 7.22. The summed E-state index contributed by atoms with van der Waals surface area (Å²) in [5.41, 5.74) is -1.20. The minimum atomic E-state index is -4.71. The lowest BCUT2D eigenvalue weighted by Crippen LogP contribution is -2.56. The zero-order valence-electron chi connectivity index (χ0n) is 34.0. The summed E-state index contributed by atoms with van der Waals surface area (Å²) < 4.78 is 155. The van der Waals surface area contributed by atoms with Crippen molar-refractivity contribution in [1.29, 1.82) is 0 Å². The van der Waals surface area contributed by atoms with E-state index in [1.807, 2.05) is 37.5 Å². The van der Waals surface area contributed by atoms with Crippen LogP contribution in [0.3, 0.4) is 0 Å². The third-order valence-electron chi connectivity index (χ3n) is 10.2. The maximum atomic E-state index is 14.0. The minimum Gasteiger partial charge on any atom is -0.368 e. The first kappa shape index (κ1) is 48.9. The average molecular weight is 1010 g/mol. The molecule has 4 aromatic rings. The maximum Gasteiger partial charge on any atom is 0.435 e. The Morgan fingerprint density at radius 1 is 0.661 bits per heavy atom. The first-order chi connectivity index (χ1) is 28.6. The fourth-order valence-electron chi connectivity index (χ4n) is 7.06. The molecule has 0 amide bonds. The molecule has 2 unspecified atom stereocenters. The van der Waals surface area contributed by atoms with Crippen molar-refractivity contribution >= 4 is 70.5 Å². The summed E-state index contributed by atoms with van der Waals surface area (Å²) in [7, 11) is -7.50. The van der Waals surface area contributed by atoms with E-state index in [4.69, 9.17) is 11.6 Å². The first-order valence-electron chi connectivity index (χ1n) is 18.8. The number of rotatable bonds is 8. The van der Waals surface area contributed by atoms with Crippen molar-refractivity contribution in [3.05, 3.63) is 81.3 Å². The lowest BCUT2D eigenvalue weighted by atomic mass is 9.99. The largest absolute Gasteiger partial charge is 0.435 e. The van der Waals surface area contributed by atoms with E-state index in [0.29, 0.717) is 44.1 Å². The van der Waals surface area contributed by atoms with E-state index >= 15 is 0 Å². The second-order valence-electron chi connectivity index (χ2n) is 15.4. The smallest absolute Gasteiger partial charge is 0.368 e. The highest BCUT2D eigenvalue weighted by Gasteiger charge is 2.40. The van der Waals surface area contributed by atoms with E-state index in [2.05, 4.69) is 35.9 Å². The lowest BCUT2D eigenvalue weighted by Gasteiger charge is -2.44. The molecule has 24 heteroatoms. The predicted molar refractivity (Wildman–Crippen MR) is 222 cm³/mol. The Morgan fingerprint density at radius 2 is 1.05 bits per heavy atom. The van der Waals surface area contributed by atoms with Gasteiger partial charge in [0.15, 0.2) is 31.1 Å². The number of anilines is 4. The van der Waals surface area contributed by atoms with E-state index in [0.717, 1.165) is 37.0 Å². The van der Waals surface area contributed by atoms with Crippen molar-refractivity contribution in [2.24, 2.45) is 11.8 Å². The van der Waals surface area contributed by atoms with Gasteiger partial charge in [0.1, 0.15) is 21.4 Å². The van der Waals surface area contributed by atoms with Crippen LogP contribution in [0, 0.1) is 23.5 Å². The number of benzene rings is 2. The molecule has 12 nitrogen and oxygen atoms in total. The summed E-state index contributed by atoms with van der Waals surface area (Å²) in [6.45, 7) is 9.75. The number of hydrogen-bond donors (Lipinski definition) is 0. The number of hydrogen-bond acceptors (Lipinski definition) is 12. The number of sulfone groups is 2. The summed E-state index contributed by atoms with van der Waals surface area (Å²) >= 11 is 8.49. The molecule has 0 spiro atoms. The molecular formula is C38H42BrClF8N8O4S2. The SMILES string of the molecule is CC(C)C1CN(c2ccc(F)c(S(C)(=O)=O)c2)CCN1c1ncc(Br)c(C(F)(F)F)n1.CC(C)C1CN(c2ccc(F)c(S(C)(=O)=O)c2)CCN1c1ncc(Cl)c(C(F)(F)F)n1. The topological polar surface area (TPSA) is 133 Å². The number of piperazine rings is 2. The van der Waals surface area contributed by atoms with E-state index in [1.54, 1.807) is 9.80 Å². The summed E-state index contributed by atoms with van der Waals surface area (Å²) in [6.07, 6.45) is -5.43. The highest BCUT2D eigenvalue weighted by Crippen LogP contribution is 2.37. The Kier molecular flexibility index (Phi) is 14.6. The molecule has 0 aliphatic carbocycles. The van der Waals surface area contributed by atoms with Gasteiger partial charge in [-0.05, 0) is 64.2 Å². The molecule has 2 aromatic carbocycles. The Hall–Kier alpha value is -4.09. The van der Waals surface area contributed by atoms with Gasteiger partial charge in [-0.25, -0.2) is 45.6 Å². The van der Waals surface area contributed by atoms with Crippen molar-refractivity contribution < 1.29 is 52.0 Å². The second kappa shape index (κ2) is 18.6. The Morgan fingerprint density at radius 3 is 1.42 bits per heavy atom. The number of alkyl halides is 6. The van der Waals surface area contributed by atoms with Gasteiger partial charge in [0.2, 0.25) is 11.9 Å². The van der Waals surface area contributed by atoms with Crippen LogP contribution in [0.4, 0.5) is 58.4 Å². The standard InChI is InChI=1S/C19H21BrF4N4O2S.C19H21ClF4N4O2S/c2*1-11(2)15-10-27(12-4-5-14(21)16(8-12)31(3,29)30)6-7-28(15)18-25-9-13(20)17(26-18)19(22,23)24/h2*4-5,8-9,11,15H,6-7,10H2,1-3H3. The average Bonchev–Trinajstić information content (AvgIpc) is 3.16. The Balaban J connectivity index is 0.000000234. The molecule has 2 aromatic heterocycles. The fourth-order valence-corrected chi connectivity index (χ4v) is 9.19. The summed E-state index contributed by atoms with van der Waals surface area (Å²) in [4.78, 5) is 21.9. The molecular weight excluding hydrogens is 964 g/mol. The summed E-state index contributed by atoms with van der Waals surface area (Å²) in [5.74, 6) is -1.73. The van der Waals surface area contributed by atoms with Crippen LogP contribution in [0.15, 0.2) is 63.1 Å². The van der Waals surface area contributed by atoms with Crippen LogP contribution < -0.4 is 19.6 Å². The molecule has 0 bridgehead atoms. The van der Waals surface area contributed by atoms with Crippen molar-refractivity contribution in [2.75, 3.05) is 71.4 Å². The maximum absolute atomic E-state index is 14.0. The molecule has 62 heavy (non-hydrogen) atoms. The molecule has 4 heterocycles. The van der Waals surface area contributed by atoms with Crippen molar-refractivity contribution in [1.82, 2.24) is 19.9 Å². The molecule has 0 N–H and O–H groups in total. The van der Waals surface area contributed by atoms with Crippen molar-refractivity contribution in [3.8, 4) is 0 Å². The summed E-state index contributed by atoms with van der Waals surface area (Å²) in [5, 5.41) is -0.574. The van der Waals surface area contributed by atoms with Gasteiger partial charge in [-0.15, -0.1) is 0 Å². The van der Waals surface area contributed by atoms with Gasteiger partial charge >= 0.3 is 12.4 Å². The highest BCUT2D eigenvalue weighted by molar-refractivity contribution is 9.10. The van der Waals surface area contributed by atoms with Crippen molar-refractivity contribution in [2.45, 2.75) is 61.9 Å². The molecule has 2 atom stereocenters. The van der Waals surface area contributed by atoms with Crippen LogP contribution in [-0.2, 0) is 32.0 Å². The van der Waals surface area contributed by atoms with Crippen LogP contribution >= 0.6 is 27.5 Å². The third kappa shape index (κ3) is 11.3. The van der Waals surface area contributed by atoms with Gasteiger partial charge in [-0.3, -0.25) is 0 Å². The van der Waals surface area contributed by atoms with Gasteiger partial charge < -0.3 is 19.6 Å². The van der Waals surface area contributed by atoms with Gasteiger partial charge in [0.05, 0.1) is 27.8 Å². The number of halogens is 10. The molecule has 0 radical (unpaired) electrons. The van der Waals surface area contributed by atoms with Gasteiger partial charge in [0, 0.05) is 69.4 Å². The Labute approximate surface area is 367 Å². The predicted octanol–water partition coefficient (Wildman–Crippen LogP) is 8.19. The molecule has 2 aliphatic rings. The molecule has 0 saturated carbocycles. The first-order valence-corrected chi connectivity index (χ1v) is 23.7. The van der Waals surface area contributed by atoms with Crippen LogP contribution in [0.1, 0.15) is 39.1 Å². The minimum absolute atomic E-state index is 0.00578. The fraction of sp³-hybridized carbons (Fsp3) is 0.474. The molecule has 2 saturated heterocycles. The van der Waals surface area contributed by atoms with Crippen LogP contribution in [-0.4, -0.2) is 101 Å². The third-order valence-corrected chi connectivity index (χ3v) is 13.3. The van der Waals surface area contributed by atoms with E-state index < -0.39 is 65.0 Å². The van der Waals surface area contributed by atoms with Crippen molar-refractivity contribution in [3.63, 3.8) is 0 Å². The number of aromatic nitrogens is 4. The zero-order chi connectivity index (χ0) is 46.3. The van der Waals surface area contributed by atoms with E-state index in [-0.39, 0.29) is 51.7 Å². The molecule has 6 rings (SSSR count). The zero-order valence-corrected chi connectivity index (χ0v) is 38.0. The van der Waals surface area contributed by atoms with Crippen LogP contribution in [0.5, 0.6) is 0 Å². The van der Waals surface area contributed by atoms with Crippen LogP contribution in [0.25, 0.3) is 0 Å². The second-order valence-corrected chi connectivity index (χ2v) is 20.6. The number of nitrogens with zero attached hydrogens (tertiary/aromatic N) is 8. The van der Waals surface area contributed by atoms with Gasteiger partial charge in [-0.1, -0.05) is 39.3 Å². The molecule has 340 valence electrons. The molecule has 2 fully saturated rings.